The summed E-state index contributed by atoms with van der Waals surface area (Å²) < 4.78 is 32.0. The van der Waals surface area contributed by atoms with Gasteiger partial charge in [0.25, 0.3) is 0 Å². The fraction of sp³-hybridized carbons (Fsp3) is 0.0714. The molecule has 2 aromatic carbocycles. The van der Waals surface area contributed by atoms with E-state index in [9.17, 15) is 8.78 Å². The zero-order valence-corrected chi connectivity index (χ0v) is 9.73. The number of ether oxygens (including phenoxy) is 1. The largest absolute Gasteiger partial charge is 0.454 e. The number of hydrogen-bond donors (Lipinski definition) is 1. The Morgan fingerprint density at radius 3 is 2.58 bits per heavy atom. The van der Waals surface area contributed by atoms with E-state index in [1.165, 1.54) is 18.2 Å². The van der Waals surface area contributed by atoms with Gasteiger partial charge in [-0.2, -0.15) is 5.26 Å². The molecule has 2 rings (SSSR count). The summed E-state index contributed by atoms with van der Waals surface area (Å²) in [5, 5.41) is 17.6. The first-order chi connectivity index (χ1) is 9.12. The molecule has 3 nitrogen and oxygen atoms in total. The second-order valence-corrected chi connectivity index (χ2v) is 3.81. The molecule has 2 aromatic rings. The molecule has 0 atom stereocenters. The van der Waals surface area contributed by atoms with Crippen LogP contribution in [0.15, 0.2) is 36.4 Å². The molecule has 0 saturated heterocycles. The van der Waals surface area contributed by atoms with Gasteiger partial charge in [0.05, 0.1) is 18.2 Å². The maximum atomic E-state index is 13.6. The fourth-order valence-corrected chi connectivity index (χ4v) is 1.54. The fourth-order valence-electron chi connectivity index (χ4n) is 1.54. The zero-order valence-electron chi connectivity index (χ0n) is 9.73. The number of halogens is 2. The lowest BCUT2D eigenvalue weighted by atomic mass is 10.2. The Hall–Kier alpha value is -2.45. The average Bonchev–Trinajstić information content (AvgIpc) is 2.40. The van der Waals surface area contributed by atoms with Crippen LogP contribution in [0, 0.1) is 23.0 Å². The van der Waals surface area contributed by atoms with Gasteiger partial charge in [0.15, 0.2) is 11.6 Å². The highest BCUT2D eigenvalue weighted by Gasteiger charge is 2.08. The molecule has 0 aliphatic heterocycles. The Morgan fingerprint density at radius 2 is 1.95 bits per heavy atom. The smallest absolute Gasteiger partial charge is 0.166 e. The van der Waals surface area contributed by atoms with Gasteiger partial charge >= 0.3 is 0 Å². The normalized spacial score (nSPS) is 10.0. The summed E-state index contributed by atoms with van der Waals surface area (Å²) in [6, 6.07) is 9.14. The number of hydrogen-bond acceptors (Lipinski definition) is 3. The van der Waals surface area contributed by atoms with Crippen LogP contribution in [-0.2, 0) is 6.61 Å². The number of benzene rings is 2. The van der Waals surface area contributed by atoms with Crippen molar-refractivity contribution < 1.29 is 18.6 Å². The Bertz CT molecular complexity index is 650. The minimum Gasteiger partial charge on any atom is -0.454 e. The van der Waals surface area contributed by atoms with Crippen LogP contribution in [0.3, 0.4) is 0 Å². The van der Waals surface area contributed by atoms with Crippen LogP contribution in [0.4, 0.5) is 8.78 Å². The van der Waals surface area contributed by atoms with E-state index in [0.29, 0.717) is 5.56 Å². The lowest BCUT2D eigenvalue weighted by Crippen LogP contribution is -1.92. The molecule has 0 unspecified atom stereocenters. The van der Waals surface area contributed by atoms with Crippen molar-refractivity contribution in [3.63, 3.8) is 0 Å². The number of rotatable bonds is 3. The van der Waals surface area contributed by atoms with E-state index in [0.717, 1.165) is 18.2 Å². The van der Waals surface area contributed by atoms with Gasteiger partial charge in [-0.1, -0.05) is 6.07 Å². The molecule has 0 bridgehead atoms. The van der Waals surface area contributed by atoms with Gasteiger partial charge in [-0.15, -0.1) is 0 Å². The van der Waals surface area contributed by atoms with E-state index in [4.69, 9.17) is 15.1 Å². The first-order valence-electron chi connectivity index (χ1n) is 5.40. The van der Waals surface area contributed by atoms with Crippen molar-refractivity contribution in [3.8, 4) is 17.6 Å². The average molecular weight is 261 g/mol. The molecule has 0 amide bonds. The molecular weight excluding hydrogens is 252 g/mol. The minimum absolute atomic E-state index is 0.0344. The summed E-state index contributed by atoms with van der Waals surface area (Å²) in [5.41, 5.74) is 0.490. The molecule has 19 heavy (non-hydrogen) atoms. The second-order valence-electron chi connectivity index (χ2n) is 3.81. The third-order valence-electron chi connectivity index (χ3n) is 2.41. The van der Waals surface area contributed by atoms with Gasteiger partial charge in [-0.3, -0.25) is 0 Å². The van der Waals surface area contributed by atoms with Crippen molar-refractivity contribution in [2.45, 2.75) is 6.61 Å². The lowest BCUT2D eigenvalue weighted by molar-refractivity contribution is 0.281. The van der Waals surface area contributed by atoms with Crippen LogP contribution in [0.25, 0.3) is 0 Å². The Labute approximate surface area is 108 Å². The van der Waals surface area contributed by atoms with Crippen LogP contribution in [-0.4, -0.2) is 5.11 Å². The number of nitriles is 1. The highest BCUT2D eigenvalue weighted by molar-refractivity contribution is 5.40. The van der Waals surface area contributed by atoms with Gasteiger partial charge < -0.3 is 9.84 Å². The highest BCUT2D eigenvalue weighted by Crippen LogP contribution is 2.26. The maximum Gasteiger partial charge on any atom is 0.166 e. The Kier molecular flexibility index (Phi) is 3.74. The van der Waals surface area contributed by atoms with Crippen molar-refractivity contribution in [1.82, 2.24) is 0 Å². The second kappa shape index (κ2) is 5.46. The molecule has 0 aliphatic carbocycles. The van der Waals surface area contributed by atoms with Crippen molar-refractivity contribution in [2.24, 2.45) is 0 Å². The van der Waals surface area contributed by atoms with E-state index in [2.05, 4.69) is 0 Å². The molecule has 0 spiro atoms. The first kappa shape index (κ1) is 13.0. The molecule has 5 heteroatoms. The molecule has 96 valence electrons. The molecule has 0 radical (unpaired) electrons. The summed E-state index contributed by atoms with van der Waals surface area (Å²) in [5.74, 6) is -1.38. The number of nitrogens with zero attached hydrogens (tertiary/aromatic N) is 1. The van der Waals surface area contributed by atoms with Gasteiger partial charge in [-0.25, -0.2) is 8.78 Å². The highest BCUT2D eigenvalue weighted by atomic mass is 19.1. The van der Waals surface area contributed by atoms with Crippen molar-refractivity contribution in [1.29, 1.82) is 5.26 Å². The predicted molar refractivity (Wildman–Crippen MR) is 63.5 cm³/mol. The van der Waals surface area contributed by atoms with Crippen LogP contribution < -0.4 is 4.74 Å². The Morgan fingerprint density at radius 1 is 1.16 bits per heavy atom. The SMILES string of the molecule is N#Cc1cc(F)cc(Oc2ccc(CO)cc2F)c1. The van der Waals surface area contributed by atoms with Crippen LogP contribution in [0.2, 0.25) is 0 Å². The quantitative estimate of drug-likeness (QED) is 0.923. The molecule has 0 aromatic heterocycles. The zero-order chi connectivity index (χ0) is 13.8. The van der Waals surface area contributed by atoms with Crippen molar-refractivity contribution in [3.05, 3.63) is 59.2 Å². The summed E-state index contributed by atoms with van der Waals surface area (Å²) in [7, 11) is 0. The van der Waals surface area contributed by atoms with Gasteiger partial charge in [-0.05, 0) is 29.8 Å². The van der Waals surface area contributed by atoms with Crippen molar-refractivity contribution in [2.75, 3.05) is 0 Å². The third-order valence-corrected chi connectivity index (χ3v) is 2.41. The van der Waals surface area contributed by atoms with Crippen LogP contribution in [0.5, 0.6) is 11.5 Å². The monoisotopic (exact) mass is 261 g/mol. The first-order valence-corrected chi connectivity index (χ1v) is 5.40. The van der Waals surface area contributed by atoms with E-state index in [1.807, 2.05) is 0 Å². The van der Waals surface area contributed by atoms with Gasteiger partial charge in [0.2, 0.25) is 0 Å². The maximum absolute atomic E-state index is 13.6. The number of aliphatic hydroxyl groups is 1. The van der Waals surface area contributed by atoms with E-state index in [1.54, 1.807) is 6.07 Å². The molecular formula is C14H9F2NO2. The van der Waals surface area contributed by atoms with Crippen LogP contribution in [0.1, 0.15) is 11.1 Å². The van der Waals surface area contributed by atoms with E-state index >= 15 is 0 Å². The standard InChI is InChI=1S/C14H9F2NO2/c15-11-3-10(7-17)4-12(6-11)19-14-2-1-9(8-18)5-13(14)16/h1-6,18H,8H2. The minimum atomic E-state index is -0.672. The van der Waals surface area contributed by atoms with Crippen LogP contribution >= 0.6 is 0 Å². The summed E-state index contributed by atoms with van der Waals surface area (Å²) >= 11 is 0. The predicted octanol–water partition coefficient (Wildman–Crippen LogP) is 3.12. The topological polar surface area (TPSA) is 53.2 Å². The molecule has 0 aliphatic rings. The molecule has 1 N–H and O–H groups in total. The van der Waals surface area contributed by atoms with Gasteiger partial charge in [0, 0.05) is 6.07 Å². The van der Waals surface area contributed by atoms with E-state index in [-0.39, 0.29) is 23.7 Å². The lowest BCUT2D eigenvalue weighted by Gasteiger charge is -2.08. The molecule has 0 fully saturated rings. The molecule has 0 saturated carbocycles. The van der Waals surface area contributed by atoms with Gasteiger partial charge in [0.1, 0.15) is 11.6 Å². The molecule has 0 heterocycles. The summed E-state index contributed by atoms with van der Waals surface area (Å²) in [6.45, 7) is -0.282. The number of aliphatic hydroxyl groups excluding tert-OH is 1. The third kappa shape index (κ3) is 3.06. The summed E-state index contributed by atoms with van der Waals surface area (Å²) in [4.78, 5) is 0. The Balaban J connectivity index is 2.31. The van der Waals surface area contributed by atoms with Crippen molar-refractivity contribution >= 4 is 0 Å². The summed E-state index contributed by atoms with van der Waals surface area (Å²) in [6.07, 6.45) is 0. The van der Waals surface area contributed by atoms with E-state index < -0.39 is 11.6 Å².